The molecule has 0 aliphatic rings. The van der Waals surface area contributed by atoms with Crippen LogP contribution in [0.4, 0.5) is 17.6 Å². The van der Waals surface area contributed by atoms with Crippen LogP contribution in [0.5, 0.6) is 0 Å². The van der Waals surface area contributed by atoms with Crippen molar-refractivity contribution in [2.24, 2.45) is 0 Å². The molecular weight excluding hydrogens is 380 g/mol. The van der Waals surface area contributed by atoms with E-state index in [4.69, 9.17) is 0 Å². The molecule has 0 N–H and O–H groups in total. The summed E-state index contributed by atoms with van der Waals surface area (Å²) >= 11 is 0. The quantitative estimate of drug-likeness (QED) is 0.307. The minimum Gasteiger partial charge on any atom is -0.457 e. The van der Waals surface area contributed by atoms with Gasteiger partial charge in [0.15, 0.2) is 0 Å². The topological polar surface area (TPSA) is 52.6 Å². The molecule has 4 nitrogen and oxygen atoms in total. The highest BCUT2D eigenvalue weighted by Gasteiger charge is 2.11. The van der Waals surface area contributed by atoms with Crippen molar-refractivity contribution >= 4 is 11.9 Å². The lowest BCUT2D eigenvalue weighted by Crippen LogP contribution is -2.05. The summed E-state index contributed by atoms with van der Waals surface area (Å²) in [4.78, 5) is 23.0. The van der Waals surface area contributed by atoms with E-state index in [1.165, 1.54) is 12.1 Å². The van der Waals surface area contributed by atoms with Gasteiger partial charge >= 0.3 is 11.9 Å². The summed E-state index contributed by atoms with van der Waals surface area (Å²) in [5.41, 5.74) is -0.771. The molecule has 0 fully saturated rings. The highest BCUT2D eigenvalue weighted by molar-refractivity contribution is 5.84. The predicted molar refractivity (Wildman–Crippen MR) is 90.6 cm³/mol. The van der Waals surface area contributed by atoms with E-state index in [1.54, 1.807) is 0 Å². The molecule has 0 spiro atoms. The van der Waals surface area contributed by atoms with Crippen LogP contribution in [0.3, 0.4) is 0 Å². The van der Waals surface area contributed by atoms with E-state index < -0.39 is 48.4 Å². The third-order valence-electron chi connectivity index (χ3n) is 3.42. The lowest BCUT2D eigenvalue weighted by atomic mass is 10.2. The number of ether oxygens (including phenoxy) is 2. The molecule has 0 amide bonds. The van der Waals surface area contributed by atoms with Crippen molar-refractivity contribution in [3.05, 3.63) is 95.1 Å². The SMILES string of the molecule is O=C(/C=C\C=C/C(=O)OCc1c(F)cccc1F)OCc1c(F)cccc1F. The Hall–Kier alpha value is -3.42. The van der Waals surface area contributed by atoms with Crippen LogP contribution in [-0.2, 0) is 32.3 Å². The fraction of sp³-hybridized carbons (Fsp3) is 0.100. The van der Waals surface area contributed by atoms with Crippen molar-refractivity contribution in [3.63, 3.8) is 0 Å². The zero-order valence-corrected chi connectivity index (χ0v) is 14.3. The summed E-state index contributed by atoms with van der Waals surface area (Å²) in [5, 5.41) is 0. The Balaban J connectivity index is 1.79. The number of esters is 2. The van der Waals surface area contributed by atoms with Crippen LogP contribution in [-0.4, -0.2) is 11.9 Å². The van der Waals surface area contributed by atoms with Crippen LogP contribution in [0.1, 0.15) is 11.1 Å². The van der Waals surface area contributed by atoms with Crippen molar-refractivity contribution in [3.8, 4) is 0 Å². The van der Waals surface area contributed by atoms with Crippen LogP contribution < -0.4 is 0 Å². The Morgan fingerprint density at radius 2 is 1.00 bits per heavy atom. The van der Waals surface area contributed by atoms with E-state index in [2.05, 4.69) is 9.47 Å². The molecule has 8 heteroatoms. The Morgan fingerprint density at radius 1 is 0.679 bits per heavy atom. The van der Waals surface area contributed by atoms with Crippen molar-refractivity contribution < 1.29 is 36.6 Å². The van der Waals surface area contributed by atoms with Crippen LogP contribution in [0, 0.1) is 23.3 Å². The Morgan fingerprint density at radius 3 is 1.32 bits per heavy atom. The molecule has 146 valence electrons. The first-order chi connectivity index (χ1) is 13.4. The van der Waals surface area contributed by atoms with E-state index in [0.29, 0.717) is 0 Å². The summed E-state index contributed by atoms with van der Waals surface area (Å²) < 4.78 is 62.9. The molecule has 0 aliphatic carbocycles. The highest BCUT2D eigenvalue weighted by Crippen LogP contribution is 2.14. The first kappa shape index (κ1) is 20.9. The maximum atomic E-state index is 13.4. The zero-order valence-electron chi connectivity index (χ0n) is 14.3. The van der Waals surface area contributed by atoms with Crippen molar-refractivity contribution in [1.29, 1.82) is 0 Å². The summed E-state index contributed by atoms with van der Waals surface area (Å²) in [5.74, 6) is -5.16. The lowest BCUT2D eigenvalue weighted by Gasteiger charge is -2.05. The smallest absolute Gasteiger partial charge is 0.331 e. The van der Waals surface area contributed by atoms with Gasteiger partial charge in [0, 0.05) is 12.2 Å². The second kappa shape index (κ2) is 10.1. The monoisotopic (exact) mass is 394 g/mol. The maximum absolute atomic E-state index is 13.4. The third-order valence-corrected chi connectivity index (χ3v) is 3.42. The number of halogens is 4. The Kier molecular flexibility index (Phi) is 7.50. The number of carbonyl (C=O) groups excluding carboxylic acids is 2. The number of rotatable bonds is 7. The van der Waals surface area contributed by atoms with Gasteiger partial charge in [-0.1, -0.05) is 24.3 Å². The van der Waals surface area contributed by atoms with Crippen LogP contribution in [0.25, 0.3) is 0 Å². The van der Waals surface area contributed by atoms with E-state index >= 15 is 0 Å². The Labute approximate surface area is 157 Å². The fourth-order valence-electron chi connectivity index (χ4n) is 1.99. The normalized spacial score (nSPS) is 11.1. The molecule has 2 aromatic rings. The van der Waals surface area contributed by atoms with Gasteiger partial charge in [0.1, 0.15) is 36.5 Å². The second-order valence-electron chi connectivity index (χ2n) is 5.33. The third kappa shape index (κ3) is 6.08. The number of carbonyl (C=O) groups is 2. The van der Waals surface area contributed by atoms with Gasteiger partial charge in [-0.05, 0) is 24.3 Å². The predicted octanol–water partition coefficient (Wildman–Crippen LogP) is 4.14. The molecule has 0 bridgehead atoms. The number of hydrogen-bond donors (Lipinski definition) is 0. The fourth-order valence-corrected chi connectivity index (χ4v) is 1.99. The molecule has 0 heterocycles. The molecule has 0 saturated carbocycles. The van der Waals surface area contributed by atoms with E-state index in [1.807, 2.05) is 0 Å². The molecule has 2 rings (SSSR count). The van der Waals surface area contributed by atoms with Crippen molar-refractivity contribution in [1.82, 2.24) is 0 Å². The first-order valence-electron chi connectivity index (χ1n) is 7.92. The minimum absolute atomic E-state index is 0.385. The number of hydrogen-bond acceptors (Lipinski definition) is 4. The molecule has 0 atom stereocenters. The Bertz CT molecular complexity index is 806. The minimum atomic E-state index is -0.894. The lowest BCUT2D eigenvalue weighted by molar-refractivity contribution is -0.140. The maximum Gasteiger partial charge on any atom is 0.331 e. The largest absolute Gasteiger partial charge is 0.457 e. The van der Waals surface area contributed by atoms with Gasteiger partial charge in [0.25, 0.3) is 0 Å². The first-order valence-corrected chi connectivity index (χ1v) is 7.92. The number of benzene rings is 2. The van der Waals surface area contributed by atoms with Crippen LogP contribution >= 0.6 is 0 Å². The summed E-state index contributed by atoms with van der Waals surface area (Å²) in [6, 6.07) is 6.49. The average molecular weight is 394 g/mol. The highest BCUT2D eigenvalue weighted by atomic mass is 19.1. The molecule has 2 aromatic carbocycles. The summed E-state index contributed by atoms with van der Waals surface area (Å²) in [6.07, 6.45) is 4.09. The molecule has 0 aliphatic heterocycles. The van der Waals surface area contributed by atoms with Gasteiger partial charge in [-0.15, -0.1) is 0 Å². The van der Waals surface area contributed by atoms with Gasteiger partial charge in [-0.2, -0.15) is 0 Å². The average Bonchev–Trinajstić information content (AvgIpc) is 2.64. The molecular formula is C20H14F4O4. The molecule has 0 radical (unpaired) electrons. The zero-order chi connectivity index (χ0) is 20.5. The molecule has 0 unspecified atom stereocenters. The van der Waals surface area contributed by atoms with Gasteiger partial charge in [0.05, 0.1) is 11.1 Å². The van der Waals surface area contributed by atoms with Crippen molar-refractivity contribution in [2.45, 2.75) is 13.2 Å². The molecule has 0 saturated heterocycles. The molecule has 28 heavy (non-hydrogen) atoms. The summed E-state index contributed by atoms with van der Waals surface area (Å²) in [6.45, 7) is -1.19. The number of allylic oxidation sites excluding steroid dienone is 2. The van der Waals surface area contributed by atoms with E-state index in [9.17, 15) is 27.2 Å². The molecule has 0 aromatic heterocycles. The standard InChI is InChI=1S/C20H14F4O4/c21-15-5-3-6-16(22)13(15)11-27-19(25)9-1-2-10-20(26)28-12-14-17(23)7-4-8-18(14)24/h1-10H,11-12H2/b9-1-,10-2-. The second-order valence-corrected chi connectivity index (χ2v) is 5.33. The van der Waals surface area contributed by atoms with E-state index in [0.717, 1.165) is 48.6 Å². The van der Waals surface area contributed by atoms with E-state index in [-0.39, 0.29) is 11.1 Å². The van der Waals surface area contributed by atoms with Gasteiger partial charge in [0.2, 0.25) is 0 Å². The van der Waals surface area contributed by atoms with Gasteiger partial charge in [-0.25, -0.2) is 27.2 Å². The summed E-state index contributed by atoms with van der Waals surface area (Å²) in [7, 11) is 0. The van der Waals surface area contributed by atoms with Crippen LogP contribution in [0.2, 0.25) is 0 Å². The van der Waals surface area contributed by atoms with Crippen LogP contribution in [0.15, 0.2) is 60.7 Å². The van der Waals surface area contributed by atoms with Crippen molar-refractivity contribution in [2.75, 3.05) is 0 Å². The van der Waals surface area contributed by atoms with Gasteiger partial charge < -0.3 is 9.47 Å². The van der Waals surface area contributed by atoms with Gasteiger partial charge in [-0.3, -0.25) is 0 Å².